The number of hydrogen-bond acceptors (Lipinski definition) is 3. The molecule has 1 atom stereocenters. The minimum atomic E-state index is -0.585. The lowest BCUT2D eigenvalue weighted by molar-refractivity contribution is 0.0931. The van der Waals surface area contributed by atoms with Gasteiger partial charge in [-0.25, -0.2) is 4.39 Å². The summed E-state index contributed by atoms with van der Waals surface area (Å²) < 4.78 is 12.9. The van der Waals surface area contributed by atoms with E-state index in [0.29, 0.717) is 6.42 Å². The number of phenolic OH excluding ortho intramolecular Hbond substituents is 1. The first-order chi connectivity index (χ1) is 7.54. The van der Waals surface area contributed by atoms with Gasteiger partial charge < -0.3 is 15.5 Å². The Hall–Kier alpha value is -1.62. The third-order valence-electron chi connectivity index (χ3n) is 2.14. The minimum absolute atomic E-state index is 0.0451. The van der Waals surface area contributed by atoms with E-state index in [4.69, 9.17) is 5.11 Å². The van der Waals surface area contributed by atoms with Crippen molar-refractivity contribution in [2.24, 2.45) is 0 Å². The lowest BCUT2D eigenvalue weighted by Crippen LogP contribution is -2.33. The van der Waals surface area contributed by atoms with Crippen molar-refractivity contribution in [3.05, 3.63) is 29.6 Å². The summed E-state index contributed by atoms with van der Waals surface area (Å²) in [5.74, 6) is -1.41. The van der Waals surface area contributed by atoms with Crippen molar-refractivity contribution < 1.29 is 19.4 Å². The molecule has 0 aliphatic carbocycles. The molecule has 0 saturated heterocycles. The van der Waals surface area contributed by atoms with Gasteiger partial charge in [-0.05, 0) is 31.5 Å². The molecule has 1 unspecified atom stereocenters. The molecule has 88 valence electrons. The molecular weight excluding hydrogens is 213 g/mol. The van der Waals surface area contributed by atoms with Crippen molar-refractivity contribution in [3.8, 4) is 5.75 Å². The first kappa shape index (κ1) is 12.4. The molecule has 1 amide bonds. The van der Waals surface area contributed by atoms with Crippen LogP contribution in [0.25, 0.3) is 0 Å². The van der Waals surface area contributed by atoms with Crippen LogP contribution in [0, 0.1) is 5.82 Å². The predicted molar refractivity (Wildman–Crippen MR) is 56.7 cm³/mol. The van der Waals surface area contributed by atoms with Crippen LogP contribution in [0.1, 0.15) is 23.7 Å². The molecule has 1 aromatic carbocycles. The largest absolute Gasteiger partial charge is 0.507 e. The number of rotatable bonds is 4. The maximum absolute atomic E-state index is 12.9. The summed E-state index contributed by atoms with van der Waals surface area (Å²) in [5, 5.41) is 20.6. The molecule has 0 aliphatic heterocycles. The monoisotopic (exact) mass is 227 g/mol. The Kier molecular flexibility index (Phi) is 4.25. The van der Waals surface area contributed by atoms with Crippen molar-refractivity contribution in [2.75, 3.05) is 6.61 Å². The summed E-state index contributed by atoms with van der Waals surface area (Å²) in [6.45, 7) is 1.67. The van der Waals surface area contributed by atoms with E-state index in [2.05, 4.69) is 5.32 Å². The summed E-state index contributed by atoms with van der Waals surface area (Å²) in [6, 6.07) is 2.93. The van der Waals surface area contributed by atoms with Gasteiger partial charge >= 0.3 is 0 Å². The molecular formula is C11H14FNO3. The van der Waals surface area contributed by atoms with Gasteiger partial charge in [0.05, 0.1) is 5.56 Å². The van der Waals surface area contributed by atoms with Crippen LogP contribution >= 0.6 is 0 Å². The van der Waals surface area contributed by atoms with Crippen molar-refractivity contribution in [2.45, 2.75) is 19.4 Å². The van der Waals surface area contributed by atoms with Gasteiger partial charge in [-0.15, -0.1) is 0 Å². The van der Waals surface area contributed by atoms with Crippen molar-refractivity contribution in [1.29, 1.82) is 0 Å². The molecule has 0 aliphatic rings. The fourth-order valence-corrected chi connectivity index (χ4v) is 1.26. The third-order valence-corrected chi connectivity index (χ3v) is 2.14. The number of carbonyl (C=O) groups is 1. The summed E-state index contributed by atoms with van der Waals surface area (Å²) in [7, 11) is 0. The number of benzene rings is 1. The van der Waals surface area contributed by atoms with Crippen LogP contribution < -0.4 is 5.32 Å². The second-order valence-corrected chi connectivity index (χ2v) is 3.55. The number of aliphatic hydroxyl groups excluding tert-OH is 1. The molecule has 0 aromatic heterocycles. The standard InChI is InChI=1S/C11H14FNO3/c1-7(4-5-14)13-11(16)9-6-8(12)2-3-10(9)15/h2-3,6-7,14-15H,4-5H2,1H3,(H,13,16). The van der Waals surface area contributed by atoms with E-state index in [1.807, 2.05) is 0 Å². The lowest BCUT2D eigenvalue weighted by atomic mass is 10.1. The number of halogens is 1. The highest BCUT2D eigenvalue weighted by Gasteiger charge is 2.14. The molecule has 0 heterocycles. The van der Waals surface area contributed by atoms with Crippen LogP contribution in [0.4, 0.5) is 4.39 Å². The zero-order valence-corrected chi connectivity index (χ0v) is 8.90. The smallest absolute Gasteiger partial charge is 0.255 e. The SMILES string of the molecule is CC(CCO)NC(=O)c1cc(F)ccc1O. The number of carbonyl (C=O) groups excluding carboxylic acids is 1. The Morgan fingerprint density at radius 1 is 1.56 bits per heavy atom. The van der Waals surface area contributed by atoms with Crippen LogP contribution in [0.2, 0.25) is 0 Å². The summed E-state index contributed by atoms with van der Waals surface area (Å²) in [4.78, 5) is 11.6. The molecule has 4 nitrogen and oxygen atoms in total. The summed E-state index contributed by atoms with van der Waals surface area (Å²) in [6.07, 6.45) is 0.405. The summed E-state index contributed by atoms with van der Waals surface area (Å²) in [5.41, 5.74) is -0.107. The highest BCUT2D eigenvalue weighted by atomic mass is 19.1. The highest BCUT2D eigenvalue weighted by molar-refractivity contribution is 5.96. The molecule has 0 saturated carbocycles. The Bertz CT molecular complexity index is 381. The summed E-state index contributed by atoms with van der Waals surface area (Å²) >= 11 is 0. The van der Waals surface area contributed by atoms with Gasteiger partial charge in [-0.3, -0.25) is 4.79 Å². The van der Waals surface area contributed by atoms with Gasteiger partial charge in [0.2, 0.25) is 0 Å². The third kappa shape index (κ3) is 3.20. The molecule has 3 N–H and O–H groups in total. The fraction of sp³-hybridized carbons (Fsp3) is 0.364. The number of aromatic hydroxyl groups is 1. The van der Waals surface area contributed by atoms with E-state index in [1.165, 1.54) is 0 Å². The Balaban J connectivity index is 2.76. The molecule has 0 fully saturated rings. The zero-order valence-electron chi connectivity index (χ0n) is 8.90. The van der Waals surface area contributed by atoms with Crippen molar-refractivity contribution in [3.63, 3.8) is 0 Å². The van der Waals surface area contributed by atoms with Crippen LogP contribution in [0.15, 0.2) is 18.2 Å². The number of nitrogens with one attached hydrogen (secondary N) is 1. The van der Waals surface area contributed by atoms with Crippen LogP contribution in [0.3, 0.4) is 0 Å². The average Bonchev–Trinajstić information content (AvgIpc) is 2.21. The van der Waals surface area contributed by atoms with Gasteiger partial charge in [0.1, 0.15) is 11.6 Å². The van der Waals surface area contributed by atoms with E-state index in [-0.39, 0.29) is 24.0 Å². The van der Waals surface area contributed by atoms with Gasteiger partial charge in [0.25, 0.3) is 5.91 Å². The number of aliphatic hydroxyl groups is 1. The maximum Gasteiger partial charge on any atom is 0.255 e. The lowest BCUT2D eigenvalue weighted by Gasteiger charge is -2.12. The topological polar surface area (TPSA) is 69.6 Å². The first-order valence-corrected chi connectivity index (χ1v) is 4.95. The Morgan fingerprint density at radius 2 is 2.25 bits per heavy atom. The quantitative estimate of drug-likeness (QED) is 0.719. The average molecular weight is 227 g/mol. The second kappa shape index (κ2) is 5.46. The van der Waals surface area contributed by atoms with Crippen LogP contribution in [0.5, 0.6) is 5.75 Å². The van der Waals surface area contributed by atoms with Gasteiger partial charge in [0, 0.05) is 12.6 Å². The van der Waals surface area contributed by atoms with Crippen LogP contribution in [-0.4, -0.2) is 28.8 Å². The zero-order chi connectivity index (χ0) is 12.1. The normalized spacial score (nSPS) is 12.2. The van der Waals surface area contributed by atoms with E-state index in [0.717, 1.165) is 18.2 Å². The number of phenols is 1. The first-order valence-electron chi connectivity index (χ1n) is 4.95. The predicted octanol–water partition coefficient (Wildman–Crippen LogP) is 1.03. The molecule has 0 spiro atoms. The molecule has 0 radical (unpaired) electrons. The van der Waals surface area contributed by atoms with Crippen molar-refractivity contribution in [1.82, 2.24) is 5.32 Å². The van der Waals surface area contributed by atoms with Gasteiger partial charge in [0.15, 0.2) is 0 Å². The van der Waals surface area contributed by atoms with E-state index < -0.39 is 11.7 Å². The Morgan fingerprint density at radius 3 is 2.88 bits per heavy atom. The molecule has 5 heteroatoms. The Labute approximate surface area is 92.7 Å². The minimum Gasteiger partial charge on any atom is -0.507 e. The van der Waals surface area contributed by atoms with E-state index >= 15 is 0 Å². The van der Waals surface area contributed by atoms with Gasteiger partial charge in [-0.2, -0.15) is 0 Å². The molecule has 1 aromatic rings. The van der Waals surface area contributed by atoms with E-state index in [1.54, 1.807) is 6.92 Å². The fourth-order valence-electron chi connectivity index (χ4n) is 1.26. The molecule has 0 bridgehead atoms. The number of amides is 1. The van der Waals surface area contributed by atoms with Crippen molar-refractivity contribution >= 4 is 5.91 Å². The molecule has 16 heavy (non-hydrogen) atoms. The number of hydrogen-bond donors (Lipinski definition) is 3. The highest BCUT2D eigenvalue weighted by Crippen LogP contribution is 2.17. The maximum atomic E-state index is 12.9. The van der Waals surface area contributed by atoms with E-state index in [9.17, 15) is 14.3 Å². The van der Waals surface area contributed by atoms with Gasteiger partial charge in [-0.1, -0.05) is 0 Å². The molecule has 1 rings (SSSR count). The second-order valence-electron chi connectivity index (χ2n) is 3.55. The van der Waals surface area contributed by atoms with Crippen LogP contribution in [-0.2, 0) is 0 Å².